The zero-order chi connectivity index (χ0) is 15.1. The number of aryl methyl sites for hydroxylation is 1. The van der Waals surface area contributed by atoms with Crippen molar-refractivity contribution in [1.82, 2.24) is 20.2 Å². The molecule has 0 spiro atoms. The number of aromatic nitrogens is 4. The fourth-order valence-corrected chi connectivity index (χ4v) is 1.83. The van der Waals surface area contributed by atoms with E-state index in [2.05, 4.69) is 47.0 Å². The number of rotatable bonds is 2. The predicted molar refractivity (Wildman–Crippen MR) is 85.0 cm³/mol. The molecule has 0 aromatic carbocycles. The zero-order valence-corrected chi connectivity index (χ0v) is 12.7. The molecule has 0 aliphatic carbocycles. The van der Waals surface area contributed by atoms with Crippen LogP contribution in [-0.2, 0) is 6.42 Å². The second kappa shape index (κ2) is 7.43. The van der Waals surface area contributed by atoms with Crippen molar-refractivity contribution < 1.29 is 0 Å². The Morgan fingerprint density at radius 2 is 1.81 bits per heavy atom. The SMILES string of the molecule is CC(C)c1ccnnc1.CCc1cnc2cccnc2c1. The van der Waals surface area contributed by atoms with Crippen LogP contribution >= 0.6 is 0 Å². The highest BCUT2D eigenvalue weighted by Crippen LogP contribution is 2.10. The molecular formula is C17H20N4. The molecule has 4 nitrogen and oxygen atoms in total. The summed E-state index contributed by atoms with van der Waals surface area (Å²) in [5, 5.41) is 7.43. The number of nitrogens with zero attached hydrogens (tertiary/aromatic N) is 4. The largest absolute Gasteiger partial charge is 0.255 e. The molecule has 3 heterocycles. The summed E-state index contributed by atoms with van der Waals surface area (Å²) >= 11 is 0. The average Bonchev–Trinajstić information content (AvgIpc) is 2.55. The molecule has 3 aromatic rings. The summed E-state index contributed by atoms with van der Waals surface area (Å²) in [6.07, 6.45) is 8.23. The van der Waals surface area contributed by atoms with Crippen molar-refractivity contribution in [2.24, 2.45) is 0 Å². The van der Waals surface area contributed by atoms with Crippen molar-refractivity contribution in [2.45, 2.75) is 33.1 Å². The molecular weight excluding hydrogens is 260 g/mol. The van der Waals surface area contributed by atoms with Gasteiger partial charge in [0.25, 0.3) is 0 Å². The summed E-state index contributed by atoms with van der Waals surface area (Å²) in [6.45, 7) is 6.39. The van der Waals surface area contributed by atoms with Crippen molar-refractivity contribution in [3.05, 3.63) is 60.2 Å². The molecule has 0 aliphatic rings. The van der Waals surface area contributed by atoms with Crippen LogP contribution in [0.15, 0.2) is 49.1 Å². The summed E-state index contributed by atoms with van der Waals surface area (Å²) < 4.78 is 0. The lowest BCUT2D eigenvalue weighted by Gasteiger charge is -2.00. The summed E-state index contributed by atoms with van der Waals surface area (Å²) in [5.41, 5.74) is 4.43. The van der Waals surface area contributed by atoms with Gasteiger partial charge in [-0.2, -0.15) is 10.2 Å². The van der Waals surface area contributed by atoms with E-state index in [-0.39, 0.29) is 0 Å². The van der Waals surface area contributed by atoms with Crippen LogP contribution in [0.3, 0.4) is 0 Å². The van der Waals surface area contributed by atoms with Crippen molar-refractivity contribution in [3.63, 3.8) is 0 Å². The lowest BCUT2D eigenvalue weighted by molar-refractivity contribution is 0.841. The van der Waals surface area contributed by atoms with Gasteiger partial charge in [-0.05, 0) is 47.7 Å². The molecule has 3 aromatic heterocycles. The van der Waals surface area contributed by atoms with Gasteiger partial charge in [-0.25, -0.2) is 0 Å². The standard InChI is InChI=1S/C10H10N2.C7H10N2/c1-2-8-6-10-9(12-7-8)4-3-5-11-10;1-6(2)7-3-4-8-9-5-7/h3-7H,2H2,1H3;3-6H,1-2H3. The molecule has 0 fully saturated rings. The average molecular weight is 280 g/mol. The van der Waals surface area contributed by atoms with Gasteiger partial charge in [-0.3, -0.25) is 9.97 Å². The maximum atomic E-state index is 4.29. The predicted octanol–water partition coefficient (Wildman–Crippen LogP) is 3.79. The van der Waals surface area contributed by atoms with E-state index in [0.717, 1.165) is 17.5 Å². The van der Waals surface area contributed by atoms with E-state index >= 15 is 0 Å². The number of hydrogen-bond donors (Lipinski definition) is 0. The molecule has 0 unspecified atom stereocenters. The highest BCUT2D eigenvalue weighted by Gasteiger charge is 1.95. The second-order valence-electron chi connectivity index (χ2n) is 5.07. The Morgan fingerprint density at radius 1 is 0.952 bits per heavy atom. The summed E-state index contributed by atoms with van der Waals surface area (Å²) in [7, 11) is 0. The van der Waals surface area contributed by atoms with Crippen LogP contribution in [0.2, 0.25) is 0 Å². The van der Waals surface area contributed by atoms with Gasteiger partial charge < -0.3 is 0 Å². The van der Waals surface area contributed by atoms with Crippen molar-refractivity contribution >= 4 is 11.0 Å². The van der Waals surface area contributed by atoms with Crippen molar-refractivity contribution in [2.75, 3.05) is 0 Å². The van der Waals surface area contributed by atoms with Gasteiger partial charge in [0.15, 0.2) is 0 Å². The molecule has 0 amide bonds. The van der Waals surface area contributed by atoms with Gasteiger partial charge in [-0.1, -0.05) is 20.8 Å². The van der Waals surface area contributed by atoms with Gasteiger partial charge in [0.1, 0.15) is 0 Å². The highest BCUT2D eigenvalue weighted by molar-refractivity contribution is 5.73. The van der Waals surface area contributed by atoms with Crippen LogP contribution in [0.5, 0.6) is 0 Å². The molecule has 0 saturated carbocycles. The van der Waals surface area contributed by atoms with Gasteiger partial charge in [0.2, 0.25) is 0 Å². The van der Waals surface area contributed by atoms with E-state index in [0.29, 0.717) is 5.92 Å². The quantitative estimate of drug-likeness (QED) is 0.716. The Morgan fingerprint density at radius 3 is 2.43 bits per heavy atom. The maximum absolute atomic E-state index is 4.29. The highest BCUT2D eigenvalue weighted by atomic mass is 15.1. The van der Waals surface area contributed by atoms with E-state index in [1.165, 1.54) is 11.1 Å². The van der Waals surface area contributed by atoms with Gasteiger partial charge in [0.05, 0.1) is 17.2 Å². The van der Waals surface area contributed by atoms with Gasteiger partial charge >= 0.3 is 0 Å². The third-order valence-corrected chi connectivity index (χ3v) is 3.19. The Labute approximate surface area is 125 Å². The molecule has 0 bridgehead atoms. The third kappa shape index (κ3) is 4.31. The number of hydrogen-bond acceptors (Lipinski definition) is 4. The Hall–Kier alpha value is -2.36. The van der Waals surface area contributed by atoms with Crippen LogP contribution in [-0.4, -0.2) is 20.2 Å². The topological polar surface area (TPSA) is 51.6 Å². The minimum Gasteiger partial charge on any atom is -0.255 e. The molecule has 0 N–H and O–H groups in total. The molecule has 108 valence electrons. The minimum atomic E-state index is 0.556. The smallest absolute Gasteiger partial charge is 0.0889 e. The van der Waals surface area contributed by atoms with Crippen LogP contribution in [0.1, 0.15) is 37.8 Å². The third-order valence-electron chi connectivity index (χ3n) is 3.19. The molecule has 0 aliphatic heterocycles. The fraction of sp³-hybridized carbons (Fsp3) is 0.294. The summed E-state index contributed by atoms with van der Waals surface area (Å²) in [4.78, 5) is 8.52. The summed E-state index contributed by atoms with van der Waals surface area (Å²) in [5.74, 6) is 0.556. The van der Waals surface area contributed by atoms with E-state index in [1.807, 2.05) is 24.4 Å². The number of fused-ring (bicyclic) bond motifs is 1. The van der Waals surface area contributed by atoms with Crippen molar-refractivity contribution in [3.8, 4) is 0 Å². The van der Waals surface area contributed by atoms with Crippen molar-refractivity contribution in [1.29, 1.82) is 0 Å². The molecule has 0 saturated heterocycles. The van der Waals surface area contributed by atoms with E-state index in [9.17, 15) is 0 Å². The molecule has 0 atom stereocenters. The Balaban J connectivity index is 0.000000161. The normalized spacial score (nSPS) is 10.3. The molecule has 0 radical (unpaired) electrons. The first-order chi connectivity index (χ1) is 10.2. The van der Waals surface area contributed by atoms with Crippen LogP contribution in [0.4, 0.5) is 0 Å². The van der Waals surface area contributed by atoms with E-state index in [1.54, 1.807) is 18.6 Å². The molecule has 3 rings (SSSR count). The minimum absolute atomic E-state index is 0.556. The molecule has 4 heteroatoms. The number of pyridine rings is 2. The van der Waals surface area contributed by atoms with Gasteiger partial charge in [-0.15, -0.1) is 0 Å². The Bertz CT molecular complexity index is 680. The first-order valence-electron chi connectivity index (χ1n) is 7.17. The van der Waals surface area contributed by atoms with E-state index in [4.69, 9.17) is 0 Å². The molecule has 21 heavy (non-hydrogen) atoms. The Kier molecular flexibility index (Phi) is 5.32. The van der Waals surface area contributed by atoms with Gasteiger partial charge in [0, 0.05) is 18.6 Å². The first kappa shape index (κ1) is 15.0. The monoisotopic (exact) mass is 280 g/mol. The van der Waals surface area contributed by atoms with E-state index < -0.39 is 0 Å². The fourth-order valence-electron chi connectivity index (χ4n) is 1.83. The lowest BCUT2D eigenvalue weighted by atomic mass is 10.1. The summed E-state index contributed by atoms with van der Waals surface area (Å²) in [6, 6.07) is 7.95. The maximum Gasteiger partial charge on any atom is 0.0889 e. The van der Waals surface area contributed by atoms with Crippen LogP contribution in [0, 0.1) is 0 Å². The lowest BCUT2D eigenvalue weighted by Crippen LogP contribution is -1.88. The zero-order valence-electron chi connectivity index (χ0n) is 12.7. The second-order valence-corrected chi connectivity index (χ2v) is 5.07. The van der Waals surface area contributed by atoms with Crippen LogP contribution < -0.4 is 0 Å². The first-order valence-corrected chi connectivity index (χ1v) is 7.17. The van der Waals surface area contributed by atoms with Crippen LogP contribution in [0.25, 0.3) is 11.0 Å².